The molecule has 0 bridgehead atoms. The molecule has 0 spiro atoms. The molecule has 20 heavy (non-hydrogen) atoms. The van der Waals surface area contributed by atoms with Crippen molar-refractivity contribution in [3.05, 3.63) is 34.1 Å². The Kier molecular flexibility index (Phi) is 5.11. The van der Waals surface area contributed by atoms with E-state index in [2.05, 4.69) is 26.6 Å². The van der Waals surface area contributed by atoms with E-state index in [0.717, 1.165) is 12.8 Å². The molecule has 108 valence electrons. The molecule has 1 aromatic carbocycles. The Morgan fingerprint density at radius 3 is 2.80 bits per heavy atom. The Morgan fingerprint density at radius 1 is 1.35 bits per heavy atom. The Morgan fingerprint density at radius 2 is 2.10 bits per heavy atom. The quantitative estimate of drug-likeness (QED) is 0.780. The standard InChI is InChI=1S/C14H16BrFN2O2/c15-11-4-1-3-10(13(11)16)14(20)17-8-2-5-12(19)18-9-6-7-9/h1,3-4,9H,2,5-8H2,(H,17,20)(H,18,19). The summed E-state index contributed by atoms with van der Waals surface area (Å²) < 4.78 is 13.9. The lowest BCUT2D eigenvalue weighted by Gasteiger charge is -2.07. The van der Waals surface area contributed by atoms with Crippen LogP contribution >= 0.6 is 15.9 Å². The van der Waals surface area contributed by atoms with Crippen LogP contribution in [0.5, 0.6) is 0 Å². The van der Waals surface area contributed by atoms with Gasteiger partial charge in [0.05, 0.1) is 10.0 Å². The van der Waals surface area contributed by atoms with E-state index in [1.807, 2.05) is 0 Å². The summed E-state index contributed by atoms with van der Waals surface area (Å²) in [7, 11) is 0. The molecule has 0 saturated heterocycles. The summed E-state index contributed by atoms with van der Waals surface area (Å²) in [5.74, 6) is -1.03. The molecule has 1 aromatic rings. The van der Waals surface area contributed by atoms with Gasteiger partial charge in [-0.05, 0) is 47.3 Å². The van der Waals surface area contributed by atoms with E-state index < -0.39 is 11.7 Å². The van der Waals surface area contributed by atoms with Crippen LogP contribution in [0.2, 0.25) is 0 Å². The minimum atomic E-state index is -0.573. The van der Waals surface area contributed by atoms with Gasteiger partial charge in [0.2, 0.25) is 5.91 Å². The van der Waals surface area contributed by atoms with E-state index in [1.165, 1.54) is 12.1 Å². The second-order valence-electron chi connectivity index (χ2n) is 4.80. The Bertz CT molecular complexity index is 518. The van der Waals surface area contributed by atoms with Crippen LogP contribution < -0.4 is 10.6 Å². The van der Waals surface area contributed by atoms with E-state index in [-0.39, 0.29) is 15.9 Å². The lowest BCUT2D eigenvalue weighted by atomic mass is 10.2. The van der Waals surface area contributed by atoms with Crippen LogP contribution in [-0.4, -0.2) is 24.4 Å². The second kappa shape index (κ2) is 6.83. The molecule has 1 saturated carbocycles. The molecule has 1 fully saturated rings. The van der Waals surface area contributed by atoms with Crippen molar-refractivity contribution in [2.45, 2.75) is 31.7 Å². The van der Waals surface area contributed by atoms with E-state index >= 15 is 0 Å². The lowest BCUT2D eigenvalue weighted by Crippen LogP contribution is -2.28. The van der Waals surface area contributed by atoms with Gasteiger partial charge in [0, 0.05) is 19.0 Å². The van der Waals surface area contributed by atoms with Gasteiger partial charge in [0.25, 0.3) is 5.91 Å². The maximum atomic E-state index is 13.7. The third-order valence-electron chi connectivity index (χ3n) is 3.00. The largest absolute Gasteiger partial charge is 0.353 e. The SMILES string of the molecule is O=C(CCCNC(=O)c1cccc(Br)c1F)NC1CC1. The van der Waals surface area contributed by atoms with Crippen LogP contribution in [-0.2, 0) is 4.79 Å². The molecular weight excluding hydrogens is 327 g/mol. The fourth-order valence-electron chi connectivity index (χ4n) is 1.75. The smallest absolute Gasteiger partial charge is 0.254 e. The number of rotatable bonds is 6. The second-order valence-corrected chi connectivity index (χ2v) is 5.66. The third-order valence-corrected chi connectivity index (χ3v) is 3.62. The lowest BCUT2D eigenvalue weighted by molar-refractivity contribution is -0.121. The number of benzene rings is 1. The van der Waals surface area contributed by atoms with Crippen LogP contribution in [0, 0.1) is 5.82 Å². The van der Waals surface area contributed by atoms with Crippen molar-refractivity contribution in [3.63, 3.8) is 0 Å². The van der Waals surface area contributed by atoms with Crippen LogP contribution in [0.1, 0.15) is 36.0 Å². The number of nitrogens with one attached hydrogen (secondary N) is 2. The van der Waals surface area contributed by atoms with E-state index in [1.54, 1.807) is 6.07 Å². The zero-order valence-electron chi connectivity index (χ0n) is 10.9. The normalized spacial score (nSPS) is 13.9. The monoisotopic (exact) mass is 342 g/mol. The van der Waals surface area contributed by atoms with Crippen LogP contribution in [0.3, 0.4) is 0 Å². The summed E-state index contributed by atoms with van der Waals surface area (Å²) in [6.07, 6.45) is 3.03. The minimum Gasteiger partial charge on any atom is -0.353 e. The molecule has 2 amide bonds. The van der Waals surface area contributed by atoms with Gasteiger partial charge >= 0.3 is 0 Å². The van der Waals surface area contributed by atoms with Crippen molar-refractivity contribution >= 4 is 27.7 Å². The van der Waals surface area contributed by atoms with Crippen molar-refractivity contribution in [2.75, 3.05) is 6.54 Å². The Hall–Kier alpha value is -1.43. The maximum Gasteiger partial charge on any atom is 0.254 e. The molecule has 6 heteroatoms. The average molecular weight is 343 g/mol. The average Bonchev–Trinajstić information content (AvgIpc) is 3.21. The predicted octanol–water partition coefficient (Wildman–Crippen LogP) is 2.38. The summed E-state index contributed by atoms with van der Waals surface area (Å²) in [5.41, 5.74) is 0.00167. The molecule has 0 unspecified atom stereocenters. The summed E-state index contributed by atoms with van der Waals surface area (Å²) in [4.78, 5) is 23.2. The molecule has 4 nitrogen and oxygen atoms in total. The molecule has 0 aliphatic heterocycles. The molecule has 0 atom stereocenters. The van der Waals surface area contributed by atoms with Gasteiger partial charge in [-0.2, -0.15) is 0 Å². The van der Waals surface area contributed by atoms with Gasteiger partial charge in [-0.1, -0.05) is 6.07 Å². The first-order valence-electron chi connectivity index (χ1n) is 6.59. The summed E-state index contributed by atoms with van der Waals surface area (Å²) in [6, 6.07) is 4.92. The van der Waals surface area contributed by atoms with Crippen LogP contribution in [0.4, 0.5) is 4.39 Å². The number of hydrogen-bond acceptors (Lipinski definition) is 2. The topological polar surface area (TPSA) is 58.2 Å². The molecule has 1 aliphatic rings. The number of carbonyl (C=O) groups excluding carboxylic acids is 2. The number of halogens is 2. The van der Waals surface area contributed by atoms with Crippen molar-refractivity contribution in [1.29, 1.82) is 0 Å². The molecule has 0 aromatic heterocycles. The molecule has 2 rings (SSSR count). The molecule has 0 radical (unpaired) electrons. The van der Waals surface area contributed by atoms with Gasteiger partial charge in [0.1, 0.15) is 5.82 Å². The van der Waals surface area contributed by atoms with Crippen molar-refractivity contribution < 1.29 is 14.0 Å². The van der Waals surface area contributed by atoms with Gasteiger partial charge in [-0.3, -0.25) is 9.59 Å². The number of amides is 2. The van der Waals surface area contributed by atoms with Crippen molar-refractivity contribution in [3.8, 4) is 0 Å². The zero-order chi connectivity index (χ0) is 14.5. The molecular formula is C14H16BrFN2O2. The highest BCUT2D eigenvalue weighted by Gasteiger charge is 2.22. The number of hydrogen-bond donors (Lipinski definition) is 2. The third kappa shape index (κ3) is 4.30. The van der Waals surface area contributed by atoms with Gasteiger partial charge in [-0.15, -0.1) is 0 Å². The fourth-order valence-corrected chi connectivity index (χ4v) is 2.12. The zero-order valence-corrected chi connectivity index (χ0v) is 12.5. The number of carbonyl (C=O) groups is 2. The highest BCUT2D eigenvalue weighted by molar-refractivity contribution is 9.10. The van der Waals surface area contributed by atoms with Gasteiger partial charge in [0.15, 0.2) is 0 Å². The summed E-state index contributed by atoms with van der Waals surface area (Å²) >= 11 is 3.04. The molecule has 2 N–H and O–H groups in total. The van der Waals surface area contributed by atoms with E-state index in [0.29, 0.717) is 25.4 Å². The van der Waals surface area contributed by atoms with Crippen molar-refractivity contribution in [2.24, 2.45) is 0 Å². The Balaban J connectivity index is 1.71. The van der Waals surface area contributed by atoms with Gasteiger partial charge in [-0.25, -0.2) is 4.39 Å². The van der Waals surface area contributed by atoms with Crippen LogP contribution in [0.15, 0.2) is 22.7 Å². The first-order valence-corrected chi connectivity index (χ1v) is 7.39. The predicted molar refractivity (Wildman–Crippen MR) is 76.8 cm³/mol. The fraction of sp³-hybridized carbons (Fsp3) is 0.429. The first kappa shape index (κ1) is 15.0. The summed E-state index contributed by atoms with van der Waals surface area (Å²) in [5, 5.41) is 5.48. The summed E-state index contributed by atoms with van der Waals surface area (Å²) in [6.45, 7) is 0.350. The minimum absolute atomic E-state index is 0.00167. The van der Waals surface area contributed by atoms with Gasteiger partial charge < -0.3 is 10.6 Å². The first-order chi connectivity index (χ1) is 9.58. The van der Waals surface area contributed by atoms with Crippen LogP contribution in [0.25, 0.3) is 0 Å². The van der Waals surface area contributed by atoms with E-state index in [9.17, 15) is 14.0 Å². The molecule has 1 aliphatic carbocycles. The van der Waals surface area contributed by atoms with Crippen molar-refractivity contribution in [1.82, 2.24) is 10.6 Å². The molecule has 0 heterocycles. The maximum absolute atomic E-state index is 13.7. The van der Waals surface area contributed by atoms with E-state index in [4.69, 9.17) is 0 Å². The highest BCUT2D eigenvalue weighted by Crippen LogP contribution is 2.19. The highest BCUT2D eigenvalue weighted by atomic mass is 79.9. The Labute approximate surface area is 125 Å².